The number of nitrogens with zero attached hydrogens (tertiary/aromatic N) is 1. The zero-order valence-corrected chi connectivity index (χ0v) is 15.7. The number of rotatable bonds is 4. The van der Waals surface area contributed by atoms with Gasteiger partial charge in [-0.25, -0.2) is 0 Å². The van der Waals surface area contributed by atoms with Gasteiger partial charge in [0.15, 0.2) is 0 Å². The van der Waals surface area contributed by atoms with Gasteiger partial charge in [0.1, 0.15) is 5.92 Å². The van der Waals surface area contributed by atoms with Gasteiger partial charge in [-0.3, -0.25) is 9.59 Å². The van der Waals surface area contributed by atoms with Gasteiger partial charge >= 0.3 is 0 Å². The van der Waals surface area contributed by atoms with E-state index in [0.717, 1.165) is 29.7 Å². The van der Waals surface area contributed by atoms with Crippen molar-refractivity contribution in [1.82, 2.24) is 10.6 Å². The van der Waals surface area contributed by atoms with E-state index in [1.165, 1.54) is 5.57 Å². The van der Waals surface area contributed by atoms with Crippen LogP contribution in [0.15, 0.2) is 40.4 Å². The molecule has 5 nitrogen and oxygen atoms in total. The van der Waals surface area contributed by atoms with Crippen molar-refractivity contribution in [3.05, 3.63) is 40.4 Å². The Kier molecular flexibility index (Phi) is 6.83. The lowest BCUT2D eigenvalue weighted by Crippen LogP contribution is -2.38. The van der Waals surface area contributed by atoms with Crippen LogP contribution < -0.4 is 15.5 Å². The molecule has 1 atom stereocenters. The van der Waals surface area contributed by atoms with Gasteiger partial charge in [-0.2, -0.15) is 0 Å². The molecule has 2 amide bonds. The number of amides is 2. The minimum atomic E-state index is -0.579. The quantitative estimate of drug-likeness (QED) is 0.587. The molecular weight excluding hydrogens is 394 g/mol. The lowest BCUT2D eigenvalue weighted by Gasteiger charge is -2.19. The summed E-state index contributed by atoms with van der Waals surface area (Å²) in [6.07, 6.45) is 3.61. The molecule has 2 N–H and O–H groups in total. The maximum atomic E-state index is 12.6. The summed E-state index contributed by atoms with van der Waals surface area (Å²) in [5.74, 6) is -0.859. The fraction of sp³-hybridized carbons (Fsp3) is 0.412. The smallest absolute Gasteiger partial charge is 0.239 e. The lowest BCUT2D eigenvalue weighted by molar-refractivity contribution is -0.132. The number of halogens is 2. The first kappa shape index (κ1) is 19.0. The van der Waals surface area contributed by atoms with E-state index in [1.807, 2.05) is 24.3 Å². The molecule has 0 aromatic heterocycles. The minimum absolute atomic E-state index is 0. The zero-order valence-electron chi connectivity index (χ0n) is 13.3. The maximum absolute atomic E-state index is 12.6. The summed E-state index contributed by atoms with van der Waals surface area (Å²) in [7, 11) is 0. The molecular formula is C17H21BrClN3O2. The van der Waals surface area contributed by atoms with Gasteiger partial charge in [0, 0.05) is 24.1 Å². The molecule has 1 aromatic rings. The summed E-state index contributed by atoms with van der Waals surface area (Å²) in [6.45, 7) is 2.91. The first-order valence-electron chi connectivity index (χ1n) is 7.89. The maximum Gasteiger partial charge on any atom is 0.239 e. The second-order valence-electron chi connectivity index (χ2n) is 5.82. The molecule has 2 heterocycles. The number of hydrogen-bond donors (Lipinski definition) is 2. The summed E-state index contributed by atoms with van der Waals surface area (Å²) < 4.78 is 0.870. The molecule has 1 saturated heterocycles. The third kappa shape index (κ3) is 4.18. The van der Waals surface area contributed by atoms with Crippen molar-refractivity contribution in [2.24, 2.45) is 5.92 Å². The van der Waals surface area contributed by atoms with Crippen LogP contribution in [0.5, 0.6) is 0 Å². The van der Waals surface area contributed by atoms with E-state index < -0.39 is 5.92 Å². The van der Waals surface area contributed by atoms with Crippen molar-refractivity contribution >= 4 is 45.8 Å². The number of carbonyl (C=O) groups excluding carboxylic acids is 2. The van der Waals surface area contributed by atoms with Crippen molar-refractivity contribution in [3.63, 3.8) is 0 Å². The predicted octanol–water partition coefficient (Wildman–Crippen LogP) is 2.26. The van der Waals surface area contributed by atoms with Crippen LogP contribution in [-0.2, 0) is 9.59 Å². The van der Waals surface area contributed by atoms with Crippen LogP contribution in [-0.4, -0.2) is 38.0 Å². The Labute approximate surface area is 156 Å². The number of para-hydroxylation sites is 1. The minimum Gasteiger partial charge on any atom is -0.352 e. The zero-order chi connectivity index (χ0) is 16.2. The van der Waals surface area contributed by atoms with Crippen LogP contribution in [0, 0.1) is 5.92 Å². The monoisotopic (exact) mass is 413 g/mol. The summed E-state index contributed by atoms with van der Waals surface area (Å²) >= 11 is 3.47. The van der Waals surface area contributed by atoms with Crippen molar-refractivity contribution in [3.8, 4) is 0 Å². The number of nitrogens with one attached hydrogen (secondary N) is 2. The third-order valence-electron chi connectivity index (χ3n) is 4.31. The average molecular weight is 415 g/mol. The lowest BCUT2D eigenvalue weighted by atomic mass is 10.1. The van der Waals surface area contributed by atoms with E-state index in [9.17, 15) is 9.59 Å². The van der Waals surface area contributed by atoms with Gasteiger partial charge in [-0.15, -0.1) is 12.4 Å². The van der Waals surface area contributed by atoms with Crippen LogP contribution >= 0.6 is 28.3 Å². The third-order valence-corrected chi connectivity index (χ3v) is 4.98. The predicted molar refractivity (Wildman–Crippen MR) is 100 cm³/mol. The van der Waals surface area contributed by atoms with E-state index in [1.54, 1.807) is 4.90 Å². The van der Waals surface area contributed by atoms with E-state index in [0.29, 0.717) is 19.5 Å². The molecule has 7 heteroatoms. The van der Waals surface area contributed by atoms with Crippen LogP contribution in [0.1, 0.15) is 12.8 Å². The first-order valence-corrected chi connectivity index (χ1v) is 8.68. The van der Waals surface area contributed by atoms with Crippen LogP contribution in [0.25, 0.3) is 0 Å². The van der Waals surface area contributed by atoms with Gasteiger partial charge in [0.2, 0.25) is 11.8 Å². The van der Waals surface area contributed by atoms with Gasteiger partial charge in [-0.1, -0.05) is 23.8 Å². The molecule has 2 aliphatic rings. The number of carbonyl (C=O) groups is 2. The number of hydrogen-bond acceptors (Lipinski definition) is 3. The van der Waals surface area contributed by atoms with E-state index in [2.05, 4.69) is 32.6 Å². The highest BCUT2D eigenvalue weighted by Gasteiger charge is 2.38. The average Bonchev–Trinajstić information content (AvgIpc) is 2.95. The topological polar surface area (TPSA) is 61.4 Å². The highest BCUT2D eigenvalue weighted by molar-refractivity contribution is 9.10. The molecule has 0 saturated carbocycles. The van der Waals surface area contributed by atoms with Crippen molar-refractivity contribution in [1.29, 1.82) is 0 Å². The van der Waals surface area contributed by atoms with E-state index in [4.69, 9.17) is 0 Å². The highest BCUT2D eigenvalue weighted by Crippen LogP contribution is 2.31. The summed E-state index contributed by atoms with van der Waals surface area (Å²) in [5, 5.41) is 6.16. The van der Waals surface area contributed by atoms with Gasteiger partial charge in [0.25, 0.3) is 0 Å². The first-order chi connectivity index (χ1) is 11.2. The Hall–Kier alpha value is -1.37. The Morgan fingerprint density at radius 1 is 1.38 bits per heavy atom. The molecule has 1 unspecified atom stereocenters. The summed E-state index contributed by atoms with van der Waals surface area (Å²) in [5.41, 5.74) is 2.05. The molecule has 3 rings (SSSR count). The highest BCUT2D eigenvalue weighted by atomic mass is 79.9. The second-order valence-corrected chi connectivity index (χ2v) is 6.67. The number of anilines is 1. The molecule has 0 spiro atoms. The largest absolute Gasteiger partial charge is 0.352 e. The Bertz CT molecular complexity index is 650. The van der Waals surface area contributed by atoms with Gasteiger partial charge in [0.05, 0.1) is 5.69 Å². The van der Waals surface area contributed by atoms with Crippen molar-refractivity contribution < 1.29 is 9.59 Å². The summed E-state index contributed by atoms with van der Waals surface area (Å²) in [4.78, 5) is 26.6. The summed E-state index contributed by atoms with van der Waals surface area (Å²) in [6, 6.07) is 7.59. The van der Waals surface area contributed by atoms with Crippen molar-refractivity contribution in [2.75, 3.05) is 31.1 Å². The molecule has 0 radical (unpaired) electrons. The standard InChI is InChI=1S/C17H20BrN3O2.ClH/c18-14-3-1-2-4-15(14)21-10-7-13(17(21)23)16(22)20-11-12-5-8-19-9-6-12;/h1-5,13,19H,6-11H2,(H,20,22);1H. The van der Waals surface area contributed by atoms with E-state index >= 15 is 0 Å². The second kappa shape index (κ2) is 8.65. The molecule has 24 heavy (non-hydrogen) atoms. The molecule has 130 valence electrons. The normalized spacial score (nSPS) is 20.4. The fourth-order valence-electron chi connectivity index (χ4n) is 2.99. The molecule has 2 aliphatic heterocycles. The Morgan fingerprint density at radius 3 is 2.88 bits per heavy atom. The molecule has 0 bridgehead atoms. The van der Waals surface area contributed by atoms with Gasteiger partial charge in [-0.05, 0) is 47.4 Å². The molecule has 1 fully saturated rings. The molecule has 1 aromatic carbocycles. The van der Waals surface area contributed by atoms with Crippen LogP contribution in [0.3, 0.4) is 0 Å². The Morgan fingerprint density at radius 2 is 2.17 bits per heavy atom. The number of benzene rings is 1. The Balaban J connectivity index is 0.00000208. The SMILES string of the molecule is Cl.O=C(NCC1=CCNCC1)C1CCN(c2ccccc2Br)C1=O. The van der Waals surface area contributed by atoms with Gasteiger partial charge < -0.3 is 15.5 Å². The van der Waals surface area contributed by atoms with Crippen LogP contribution in [0.2, 0.25) is 0 Å². The van der Waals surface area contributed by atoms with E-state index in [-0.39, 0.29) is 24.2 Å². The van der Waals surface area contributed by atoms with Crippen LogP contribution in [0.4, 0.5) is 5.69 Å². The molecule has 0 aliphatic carbocycles. The van der Waals surface area contributed by atoms with Crippen molar-refractivity contribution in [2.45, 2.75) is 12.8 Å². The fourth-order valence-corrected chi connectivity index (χ4v) is 3.49.